The summed E-state index contributed by atoms with van der Waals surface area (Å²) in [7, 11) is 1.64. The topological polar surface area (TPSA) is 140 Å². The molecule has 5 rings (SSSR count). The van der Waals surface area contributed by atoms with Gasteiger partial charge >= 0.3 is 12.3 Å². The van der Waals surface area contributed by atoms with E-state index in [2.05, 4.69) is 25.2 Å². The number of anilines is 1. The molecule has 0 saturated carbocycles. The van der Waals surface area contributed by atoms with Gasteiger partial charge in [-0.15, -0.1) is 13.2 Å². The average molecular weight is 528 g/mol. The van der Waals surface area contributed by atoms with E-state index in [1.165, 1.54) is 11.0 Å². The van der Waals surface area contributed by atoms with Crippen LogP contribution in [0.4, 0.5) is 18.9 Å². The van der Waals surface area contributed by atoms with Gasteiger partial charge in [-0.25, -0.2) is 0 Å². The Bertz CT molecular complexity index is 1510. The predicted octanol–water partition coefficient (Wildman–Crippen LogP) is 4.88. The van der Waals surface area contributed by atoms with Crippen molar-refractivity contribution in [2.24, 2.45) is 0 Å². The van der Waals surface area contributed by atoms with Crippen molar-refractivity contribution in [2.75, 3.05) is 18.6 Å². The van der Waals surface area contributed by atoms with Crippen molar-refractivity contribution in [2.45, 2.75) is 31.5 Å². The van der Waals surface area contributed by atoms with Gasteiger partial charge in [0.15, 0.2) is 0 Å². The van der Waals surface area contributed by atoms with E-state index >= 15 is 0 Å². The minimum absolute atomic E-state index is 0.0239. The summed E-state index contributed by atoms with van der Waals surface area (Å²) in [5.41, 5.74) is 3.94. The number of ether oxygens (including phenoxy) is 1. The van der Waals surface area contributed by atoms with Crippen LogP contribution in [0.5, 0.6) is 5.75 Å². The molecular weight excluding hydrogens is 505 g/mol. The first kappa shape index (κ1) is 25.3. The Morgan fingerprint density at radius 3 is 2.84 bits per heavy atom. The molecule has 13 heteroatoms. The van der Waals surface area contributed by atoms with Crippen molar-refractivity contribution in [3.63, 3.8) is 0 Å². The van der Waals surface area contributed by atoms with Crippen LogP contribution >= 0.6 is 0 Å². The standard InChI is InChI=1S/C25H23F3N6O4/c1-30-12-34(11-29)16-6-15(7-17(10-16)37-25(26,27)28)24-32-23(33-38-24)14-3-5-20-19(8-14)18-4-2-13(9-21(35)36)22(18)31-20/h3,5-8,10-11,13,29-31H,2,4,9,12H2,1H3,(H,35,36). The van der Waals surface area contributed by atoms with Gasteiger partial charge < -0.3 is 29.6 Å². The monoisotopic (exact) mass is 528 g/mol. The maximum Gasteiger partial charge on any atom is 0.573 e. The van der Waals surface area contributed by atoms with E-state index in [1.54, 1.807) is 13.1 Å². The number of benzene rings is 2. The number of carboxylic acid groups (broad SMARTS) is 1. The fourth-order valence-corrected chi connectivity index (χ4v) is 4.81. The van der Waals surface area contributed by atoms with Crippen LogP contribution in [0.2, 0.25) is 0 Å². The summed E-state index contributed by atoms with van der Waals surface area (Å²) in [5.74, 6) is -1.19. The third-order valence-electron chi connectivity index (χ3n) is 6.38. The molecule has 0 spiro atoms. The van der Waals surface area contributed by atoms with Crippen LogP contribution in [-0.4, -0.2) is 52.6 Å². The first-order chi connectivity index (χ1) is 18.1. The second-order valence-corrected chi connectivity index (χ2v) is 8.91. The Labute approximate surface area is 213 Å². The molecule has 1 atom stereocenters. The van der Waals surface area contributed by atoms with Gasteiger partial charge in [0.1, 0.15) is 5.75 Å². The number of hydrogen-bond donors (Lipinski definition) is 4. The molecule has 4 N–H and O–H groups in total. The molecule has 38 heavy (non-hydrogen) atoms. The highest BCUT2D eigenvalue weighted by Crippen LogP contribution is 2.40. The number of aliphatic carboxylic acids is 1. The number of nitrogens with zero attached hydrogens (tertiary/aromatic N) is 3. The SMILES string of the molecule is CNCN(C=N)c1cc(OC(F)(F)F)cc(-c2nc(-c3ccc4[nH]c5c(c4c3)CCC5CC(=O)O)no2)c1. The molecule has 4 aromatic rings. The smallest absolute Gasteiger partial charge is 0.481 e. The number of aromatic nitrogens is 3. The number of carbonyl (C=O) groups is 1. The molecule has 0 aliphatic heterocycles. The zero-order chi connectivity index (χ0) is 27.0. The molecule has 10 nitrogen and oxygen atoms in total. The summed E-state index contributed by atoms with van der Waals surface area (Å²) in [5, 5.41) is 24.6. The molecule has 0 bridgehead atoms. The number of alkyl halides is 3. The molecule has 1 aliphatic carbocycles. The maximum atomic E-state index is 13.0. The minimum Gasteiger partial charge on any atom is -0.481 e. The van der Waals surface area contributed by atoms with Crippen molar-refractivity contribution in [1.82, 2.24) is 20.4 Å². The zero-order valence-corrected chi connectivity index (χ0v) is 20.1. The number of nitrogens with one attached hydrogen (secondary N) is 3. The largest absolute Gasteiger partial charge is 0.573 e. The van der Waals surface area contributed by atoms with Gasteiger partial charge in [0, 0.05) is 45.4 Å². The lowest BCUT2D eigenvalue weighted by Gasteiger charge is -2.20. The van der Waals surface area contributed by atoms with Crippen LogP contribution in [0.1, 0.15) is 30.0 Å². The van der Waals surface area contributed by atoms with E-state index in [1.807, 2.05) is 12.1 Å². The van der Waals surface area contributed by atoms with Crippen LogP contribution in [-0.2, 0) is 11.2 Å². The molecule has 0 amide bonds. The first-order valence-corrected chi connectivity index (χ1v) is 11.7. The first-order valence-electron chi connectivity index (χ1n) is 11.7. The highest BCUT2D eigenvalue weighted by atomic mass is 19.4. The molecule has 0 saturated heterocycles. The number of fused-ring (bicyclic) bond motifs is 3. The Hall–Kier alpha value is -4.39. The van der Waals surface area contributed by atoms with Gasteiger partial charge in [-0.1, -0.05) is 5.16 Å². The molecule has 0 radical (unpaired) electrons. The van der Waals surface area contributed by atoms with E-state index in [9.17, 15) is 23.1 Å². The van der Waals surface area contributed by atoms with Gasteiger partial charge in [-0.2, -0.15) is 4.98 Å². The van der Waals surface area contributed by atoms with Crippen molar-refractivity contribution in [3.8, 4) is 28.6 Å². The number of halogens is 3. The molecule has 0 fully saturated rings. The van der Waals surface area contributed by atoms with Gasteiger partial charge in [0.25, 0.3) is 5.89 Å². The molecule has 2 heterocycles. The summed E-state index contributed by atoms with van der Waals surface area (Å²) in [6.45, 7) is 0.168. The lowest BCUT2D eigenvalue weighted by Crippen LogP contribution is -2.30. The van der Waals surface area contributed by atoms with E-state index in [4.69, 9.17) is 9.93 Å². The summed E-state index contributed by atoms with van der Waals surface area (Å²) in [6.07, 6.45) is -2.39. The molecule has 1 unspecified atom stereocenters. The van der Waals surface area contributed by atoms with E-state index < -0.39 is 18.1 Å². The second-order valence-electron chi connectivity index (χ2n) is 8.91. The van der Waals surface area contributed by atoms with Crippen LogP contribution in [0.3, 0.4) is 0 Å². The van der Waals surface area contributed by atoms with Crippen molar-refractivity contribution in [3.05, 3.63) is 47.7 Å². The highest BCUT2D eigenvalue weighted by Gasteiger charge is 2.32. The van der Waals surface area contributed by atoms with Crippen molar-refractivity contribution < 1.29 is 32.3 Å². The lowest BCUT2D eigenvalue weighted by atomic mass is 10.0. The van der Waals surface area contributed by atoms with Crippen LogP contribution < -0.4 is 15.0 Å². The normalized spacial score (nSPS) is 15.0. The summed E-state index contributed by atoms with van der Waals surface area (Å²) < 4.78 is 48.4. The van der Waals surface area contributed by atoms with Gasteiger partial charge in [0.05, 0.1) is 19.4 Å². The summed E-state index contributed by atoms with van der Waals surface area (Å²) in [4.78, 5) is 20.3. The number of hydrogen-bond acceptors (Lipinski definition) is 7. The quantitative estimate of drug-likeness (QED) is 0.137. The summed E-state index contributed by atoms with van der Waals surface area (Å²) >= 11 is 0. The number of H-pyrrole nitrogens is 1. The molecule has 1 aliphatic rings. The Balaban J connectivity index is 1.50. The minimum atomic E-state index is -4.91. The van der Waals surface area contributed by atoms with Crippen LogP contribution in [0, 0.1) is 5.41 Å². The highest BCUT2D eigenvalue weighted by molar-refractivity contribution is 5.89. The number of carboxylic acids is 1. The Morgan fingerprint density at radius 1 is 1.32 bits per heavy atom. The summed E-state index contributed by atoms with van der Waals surface area (Å²) in [6, 6.07) is 9.35. The van der Waals surface area contributed by atoms with Crippen molar-refractivity contribution >= 4 is 28.9 Å². The molecular formula is C25H23F3N6O4. The number of aryl methyl sites for hydroxylation is 1. The van der Waals surface area contributed by atoms with Crippen LogP contribution in [0.25, 0.3) is 33.7 Å². The molecule has 2 aromatic carbocycles. The molecule has 2 aromatic heterocycles. The fraction of sp³-hybridized carbons (Fsp3) is 0.280. The van der Waals surface area contributed by atoms with E-state index in [-0.39, 0.29) is 42.0 Å². The lowest BCUT2D eigenvalue weighted by molar-refractivity contribution is -0.274. The zero-order valence-electron chi connectivity index (χ0n) is 20.1. The second kappa shape index (κ2) is 9.82. The Morgan fingerprint density at radius 2 is 2.13 bits per heavy atom. The van der Waals surface area contributed by atoms with Gasteiger partial charge in [-0.3, -0.25) is 10.2 Å². The van der Waals surface area contributed by atoms with Crippen LogP contribution in [0.15, 0.2) is 40.9 Å². The van der Waals surface area contributed by atoms with Gasteiger partial charge in [0.2, 0.25) is 5.82 Å². The average Bonchev–Trinajstić information content (AvgIpc) is 3.57. The maximum absolute atomic E-state index is 13.0. The Kier molecular flexibility index (Phi) is 6.53. The van der Waals surface area contributed by atoms with E-state index in [0.29, 0.717) is 5.56 Å². The van der Waals surface area contributed by atoms with Crippen molar-refractivity contribution in [1.29, 1.82) is 5.41 Å². The van der Waals surface area contributed by atoms with Gasteiger partial charge in [-0.05, 0) is 55.8 Å². The number of aromatic amines is 1. The molecule has 198 valence electrons. The third kappa shape index (κ3) is 5.05. The number of rotatable bonds is 9. The fourth-order valence-electron chi connectivity index (χ4n) is 4.81. The van der Waals surface area contributed by atoms with E-state index in [0.717, 1.165) is 53.5 Å². The third-order valence-corrected chi connectivity index (χ3v) is 6.38. The predicted molar refractivity (Wildman–Crippen MR) is 132 cm³/mol.